The third kappa shape index (κ3) is 5.30. The van der Waals surface area contributed by atoms with Crippen molar-refractivity contribution in [1.82, 2.24) is 14.6 Å². The van der Waals surface area contributed by atoms with Crippen LogP contribution in [0.3, 0.4) is 0 Å². The van der Waals surface area contributed by atoms with E-state index < -0.39 is 10.0 Å². The van der Waals surface area contributed by atoms with Gasteiger partial charge in [0, 0.05) is 25.0 Å². The van der Waals surface area contributed by atoms with Crippen LogP contribution in [0.1, 0.15) is 25.1 Å². The van der Waals surface area contributed by atoms with Crippen molar-refractivity contribution in [2.45, 2.75) is 37.8 Å². The maximum atomic E-state index is 12.5. The number of carbonyl (C=O) groups is 1. The number of sulfonamides is 1. The Hall–Kier alpha value is -2.07. The average molecular weight is 450 g/mol. The molecular weight excluding hydrogens is 426 g/mol. The van der Waals surface area contributed by atoms with Crippen LogP contribution < -0.4 is 5.32 Å². The molecule has 0 aliphatic heterocycles. The summed E-state index contributed by atoms with van der Waals surface area (Å²) in [5.41, 5.74) is 1.58. The molecule has 0 radical (unpaired) electrons. The Balaban J connectivity index is 1.55. The molecule has 6 nitrogen and oxygen atoms in total. The molecule has 0 saturated carbocycles. The predicted molar refractivity (Wildman–Crippen MR) is 118 cm³/mol. The highest BCUT2D eigenvalue weighted by Gasteiger charge is 2.22. The molecule has 29 heavy (non-hydrogen) atoms. The van der Waals surface area contributed by atoms with E-state index in [-0.39, 0.29) is 23.3 Å². The maximum Gasteiger partial charge on any atom is 0.243 e. The fourth-order valence-corrected chi connectivity index (χ4v) is 5.55. The lowest BCUT2D eigenvalue weighted by atomic mass is 10.2. The van der Waals surface area contributed by atoms with Gasteiger partial charge < -0.3 is 5.32 Å². The molecule has 0 aliphatic carbocycles. The number of amides is 1. The first-order valence-corrected chi connectivity index (χ1v) is 12.3. The first-order valence-electron chi connectivity index (χ1n) is 9.09. The number of benzene rings is 1. The van der Waals surface area contributed by atoms with E-state index in [0.29, 0.717) is 6.54 Å². The van der Waals surface area contributed by atoms with Crippen molar-refractivity contribution < 1.29 is 13.2 Å². The lowest BCUT2D eigenvalue weighted by molar-refractivity contribution is -0.120. The second kappa shape index (κ2) is 9.17. The van der Waals surface area contributed by atoms with Crippen molar-refractivity contribution in [3.63, 3.8) is 0 Å². The van der Waals surface area contributed by atoms with E-state index in [1.807, 2.05) is 36.7 Å². The summed E-state index contributed by atoms with van der Waals surface area (Å²) >= 11 is 3.15. The van der Waals surface area contributed by atoms with Crippen LogP contribution in [-0.2, 0) is 27.8 Å². The van der Waals surface area contributed by atoms with Gasteiger partial charge >= 0.3 is 0 Å². The molecule has 0 atom stereocenters. The van der Waals surface area contributed by atoms with E-state index in [2.05, 4.69) is 10.3 Å². The molecule has 154 valence electrons. The third-order valence-corrected chi connectivity index (χ3v) is 8.42. The highest BCUT2D eigenvalue weighted by Crippen LogP contribution is 2.27. The molecule has 9 heteroatoms. The van der Waals surface area contributed by atoms with Crippen molar-refractivity contribution >= 4 is 38.6 Å². The SMILES string of the molecule is CC(C)N(C)S(=O)(=O)c1ccc(CNC(=O)Cc2csc(-c3cccs3)n2)cc1. The van der Waals surface area contributed by atoms with Gasteiger partial charge in [-0.05, 0) is 43.0 Å². The standard InChI is InChI=1S/C20H23N3O3S3/c1-14(2)23(3)29(25,26)17-8-6-15(7-9-17)12-21-19(24)11-16-13-28-20(22-16)18-5-4-10-27-18/h4-10,13-14H,11-12H2,1-3H3,(H,21,24). The minimum Gasteiger partial charge on any atom is -0.352 e. The van der Waals surface area contributed by atoms with E-state index in [9.17, 15) is 13.2 Å². The van der Waals surface area contributed by atoms with Gasteiger partial charge in [-0.25, -0.2) is 13.4 Å². The monoisotopic (exact) mass is 449 g/mol. The molecular formula is C20H23N3O3S3. The highest BCUT2D eigenvalue weighted by atomic mass is 32.2. The molecule has 3 rings (SSSR count). The molecule has 3 aromatic rings. The molecule has 0 spiro atoms. The Morgan fingerprint density at radius 2 is 1.90 bits per heavy atom. The van der Waals surface area contributed by atoms with Crippen LogP contribution in [0.2, 0.25) is 0 Å². The van der Waals surface area contributed by atoms with Crippen molar-refractivity contribution in [2.24, 2.45) is 0 Å². The van der Waals surface area contributed by atoms with Crippen LogP contribution in [0, 0.1) is 0 Å². The number of nitrogens with one attached hydrogen (secondary N) is 1. The van der Waals surface area contributed by atoms with Gasteiger partial charge in [-0.15, -0.1) is 22.7 Å². The number of carbonyl (C=O) groups excluding carboxylic acids is 1. The van der Waals surface area contributed by atoms with Gasteiger partial charge in [0.1, 0.15) is 5.01 Å². The lowest BCUT2D eigenvalue weighted by Crippen LogP contribution is -2.33. The Bertz CT molecular complexity index is 1060. The molecule has 2 aromatic heterocycles. The van der Waals surface area contributed by atoms with Gasteiger partial charge in [-0.3, -0.25) is 4.79 Å². The summed E-state index contributed by atoms with van der Waals surface area (Å²) in [4.78, 5) is 18.1. The number of hydrogen-bond acceptors (Lipinski definition) is 6. The minimum absolute atomic E-state index is 0.120. The zero-order valence-electron chi connectivity index (χ0n) is 16.5. The molecule has 0 unspecified atom stereocenters. The summed E-state index contributed by atoms with van der Waals surface area (Å²) in [5.74, 6) is -0.121. The smallest absolute Gasteiger partial charge is 0.243 e. The number of rotatable bonds is 8. The fourth-order valence-electron chi connectivity index (χ4n) is 2.55. The van der Waals surface area contributed by atoms with Crippen molar-refractivity contribution in [1.29, 1.82) is 0 Å². The summed E-state index contributed by atoms with van der Waals surface area (Å²) in [6, 6.07) is 10.5. The van der Waals surface area contributed by atoms with Gasteiger partial charge in [-0.2, -0.15) is 4.31 Å². The van der Waals surface area contributed by atoms with Crippen LogP contribution in [-0.4, -0.2) is 36.7 Å². The fraction of sp³-hybridized carbons (Fsp3) is 0.300. The summed E-state index contributed by atoms with van der Waals surface area (Å²) in [6.07, 6.45) is 0.216. The van der Waals surface area contributed by atoms with E-state index in [0.717, 1.165) is 21.1 Å². The Labute approximate surface area is 179 Å². The van der Waals surface area contributed by atoms with Gasteiger partial charge in [0.2, 0.25) is 15.9 Å². The van der Waals surface area contributed by atoms with E-state index in [1.165, 1.54) is 15.6 Å². The number of thiazole rings is 1. The Morgan fingerprint density at radius 1 is 1.17 bits per heavy atom. The molecule has 1 N–H and O–H groups in total. The first kappa shape index (κ1) is 21.6. The lowest BCUT2D eigenvalue weighted by Gasteiger charge is -2.21. The minimum atomic E-state index is -3.50. The second-order valence-corrected chi connectivity index (χ2v) is 10.6. The van der Waals surface area contributed by atoms with Crippen LogP contribution >= 0.6 is 22.7 Å². The number of hydrogen-bond donors (Lipinski definition) is 1. The molecule has 0 bridgehead atoms. The summed E-state index contributed by atoms with van der Waals surface area (Å²) in [7, 11) is -1.94. The van der Waals surface area contributed by atoms with E-state index in [1.54, 1.807) is 42.6 Å². The van der Waals surface area contributed by atoms with E-state index >= 15 is 0 Å². The first-order chi connectivity index (χ1) is 13.8. The summed E-state index contributed by atoms with van der Waals surface area (Å²) < 4.78 is 26.3. The highest BCUT2D eigenvalue weighted by molar-refractivity contribution is 7.89. The van der Waals surface area contributed by atoms with E-state index in [4.69, 9.17) is 0 Å². The topological polar surface area (TPSA) is 79.4 Å². The molecule has 1 aromatic carbocycles. The normalized spacial score (nSPS) is 11.9. The quantitative estimate of drug-likeness (QED) is 0.568. The Morgan fingerprint density at radius 3 is 2.52 bits per heavy atom. The van der Waals surface area contributed by atoms with Gasteiger partial charge in [-0.1, -0.05) is 18.2 Å². The van der Waals surface area contributed by atoms with Crippen molar-refractivity contribution in [2.75, 3.05) is 7.05 Å². The number of aromatic nitrogens is 1. The van der Waals surface area contributed by atoms with Crippen molar-refractivity contribution in [3.05, 3.63) is 58.4 Å². The average Bonchev–Trinajstić information content (AvgIpc) is 3.37. The summed E-state index contributed by atoms with van der Waals surface area (Å²) in [6.45, 7) is 3.99. The van der Waals surface area contributed by atoms with Crippen LogP contribution in [0.5, 0.6) is 0 Å². The largest absolute Gasteiger partial charge is 0.352 e. The molecule has 0 fully saturated rings. The Kier molecular flexibility index (Phi) is 6.84. The number of nitrogens with zero attached hydrogens (tertiary/aromatic N) is 2. The molecule has 1 amide bonds. The maximum absolute atomic E-state index is 12.5. The van der Waals surface area contributed by atoms with Crippen LogP contribution in [0.4, 0.5) is 0 Å². The van der Waals surface area contributed by atoms with Crippen LogP contribution in [0.15, 0.2) is 52.1 Å². The van der Waals surface area contributed by atoms with Crippen LogP contribution in [0.25, 0.3) is 9.88 Å². The van der Waals surface area contributed by atoms with Crippen molar-refractivity contribution in [3.8, 4) is 9.88 Å². The zero-order valence-corrected chi connectivity index (χ0v) is 18.9. The van der Waals surface area contributed by atoms with Gasteiger partial charge in [0.05, 0.1) is 21.9 Å². The number of thiophene rings is 1. The zero-order chi connectivity index (χ0) is 21.0. The predicted octanol–water partition coefficient (Wildman–Crippen LogP) is 3.76. The summed E-state index contributed by atoms with van der Waals surface area (Å²) in [5, 5.41) is 7.68. The molecule has 2 heterocycles. The molecule has 0 aliphatic rings. The molecule has 0 saturated heterocycles. The van der Waals surface area contributed by atoms with Gasteiger partial charge in [0.15, 0.2) is 0 Å². The second-order valence-electron chi connectivity index (χ2n) is 6.83. The third-order valence-electron chi connectivity index (χ3n) is 4.44. The van der Waals surface area contributed by atoms with Gasteiger partial charge in [0.25, 0.3) is 0 Å².